The predicted molar refractivity (Wildman–Crippen MR) is 128 cm³/mol. The summed E-state index contributed by atoms with van der Waals surface area (Å²) < 4.78 is 89.4. The molecule has 4 aromatic carbocycles. The first kappa shape index (κ1) is 25.4. The summed E-state index contributed by atoms with van der Waals surface area (Å²) in [4.78, 5) is 0. The fourth-order valence-corrected chi connectivity index (χ4v) is 3.78. The van der Waals surface area contributed by atoms with Crippen LogP contribution >= 0.6 is 11.6 Å². The van der Waals surface area contributed by atoms with Gasteiger partial charge in [-0.05, 0) is 53.4 Å². The van der Waals surface area contributed by atoms with E-state index in [9.17, 15) is 26.3 Å². The summed E-state index contributed by atoms with van der Waals surface area (Å²) >= 11 is 5.48. The Morgan fingerprint density at radius 1 is 0.639 bits per heavy atom. The van der Waals surface area contributed by atoms with E-state index in [-0.39, 0.29) is 34.4 Å². The average molecular weight is 519 g/mol. The van der Waals surface area contributed by atoms with Gasteiger partial charge in [-0.2, -0.15) is 8.78 Å². The van der Waals surface area contributed by atoms with E-state index in [2.05, 4.69) is 4.74 Å². The SMILES string of the molecule is CCO/C(F)=C(\F)c1ccc(-c2ccc(-c3ccc(-c4cc(F)c(Cl)c(F)c4)c(F)c3)c(F)c2)cc1. The number of halogens is 7. The van der Waals surface area contributed by atoms with E-state index >= 15 is 0 Å². The van der Waals surface area contributed by atoms with Gasteiger partial charge >= 0.3 is 6.01 Å². The lowest BCUT2D eigenvalue weighted by Gasteiger charge is -2.10. The summed E-state index contributed by atoms with van der Waals surface area (Å²) in [5.74, 6) is -4.65. The van der Waals surface area contributed by atoms with Crippen molar-refractivity contribution in [2.75, 3.05) is 6.61 Å². The number of hydrogen-bond acceptors (Lipinski definition) is 1. The van der Waals surface area contributed by atoms with Gasteiger partial charge in [0.2, 0.25) is 5.83 Å². The van der Waals surface area contributed by atoms with Crippen molar-refractivity contribution in [3.63, 3.8) is 0 Å². The molecule has 0 radical (unpaired) electrons. The number of benzene rings is 4. The number of rotatable bonds is 6. The molecule has 4 aromatic rings. The molecule has 0 bridgehead atoms. The summed E-state index contributed by atoms with van der Waals surface area (Å²) in [7, 11) is 0. The van der Waals surface area contributed by atoms with Gasteiger partial charge in [-0.25, -0.2) is 17.6 Å². The van der Waals surface area contributed by atoms with Crippen LogP contribution in [0.5, 0.6) is 0 Å². The lowest BCUT2D eigenvalue weighted by atomic mass is 9.96. The van der Waals surface area contributed by atoms with Crippen molar-refractivity contribution in [3.05, 3.63) is 113 Å². The van der Waals surface area contributed by atoms with Gasteiger partial charge in [0, 0.05) is 16.7 Å². The quantitative estimate of drug-likeness (QED) is 0.140. The zero-order chi connectivity index (χ0) is 26.0. The minimum absolute atomic E-state index is 0.0200. The molecule has 0 aliphatic rings. The maximum atomic E-state index is 15.0. The molecule has 0 atom stereocenters. The Morgan fingerprint density at radius 2 is 1.11 bits per heavy atom. The van der Waals surface area contributed by atoms with Crippen LogP contribution in [0.4, 0.5) is 26.3 Å². The molecule has 0 unspecified atom stereocenters. The molecule has 0 fully saturated rings. The summed E-state index contributed by atoms with van der Waals surface area (Å²) in [5, 5.41) is -0.688. The van der Waals surface area contributed by atoms with Crippen LogP contribution < -0.4 is 0 Å². The van der Waals surface area contributed by atoms with Crippen LogP contribution in [0.1, 0.15) is 12.5 Å². The minimum Gasteiger partial charge on any atom is -0.469 e. The second kappa shape index (κ2) is 10.5. The summed E-state index contributed by atoms with van der Waals surface area (Å²) in [6.45, 7) is 1.51. The van der Waals surface area contributed by atoms with Crippen molar-refractivity contribution in [1.82, 2.24) is 0 Å². The molecule has 0 heterocycles. The molecule has 8 heteroatoms. The Balaban J connectivity index is 1.61. The molecule has 0 saturated heterocycles. The molecule has 0 aliphatic heterocycles. The van der Waals surface area contributed by atoms with Crippen LogP contribution in [-0.2, 0) is 4.74 Å². The van der Waals surface area contributed by atoms with Crippen molar-refractivity contribution in [1.29, 1.82) is 0 Å². The first-order valence-electron chi connectivity index (χ1n) is 10.7. The molecule has 184 valence electrons. The maximum absolute atomic E-state index is 15.0. The van der Waals surface area contributed by atoms with Gasteiger partial charge < -0.3 is 4.74 Å². The summed E-state index contributed by atoms with van der Waals surface area (Å²) in [6.07, 6.45) is 0. The minimum atomic E-state index is -1.31. The molecular weight excluding hydrogens is 502 g/mol. The Hall–Kier alpha value is -3.71. The second-order valence-corrected chi connectivity index (χ2v) is 8.12. The zero-order valence-electron chi connectivity index (χ0n) is 18.7. The van der Waals surface area contributed by atoms with Crippen LogP contribution in [0.25, 0.3) is 39.2 Å². The van der Waals surface area contributed by atoms with E-state index in [4.69, 9.17) is 11.6 Å². The first-order chi connectivity index (χ1) is 17.2. The van der Waals surface area contributed by atoms with Crippen LogP contribution in [0.2, 0.25) is 5.02 Å². The van der Waals surface area contributed by atoms with Crippen LogP contribution in [0, 0.1) is 23.3 Å². The second-order valence-electron chi connectivity index (χ2n) is 7.74. The average Bonchev–Trinajstić information content (AvgIpc) is 2.86. The highest BCUT2D eigenvalue weighted by Gasteiger charge is 2.16. The van der Waals surface area contributed by atoms with E-state index in [0.717, 1.165) is 18.2 Å². The molecule has 0 aliphatic carbocycles. The summed E-state index contributed by atoms with van der Waals surface area (Å²) in [5.41, 5.74) is 1.16. The Kier molecular flexibility index (Phi) is 7.40. The highest BCUT2D eigenvalue weighted by Crippen LogP contribution is 2.34. The van der Waals surface area contributed by atoms with Gasteiger partial charge in [-0.3, -0.25) is 0 Å². The third-order valence-electron chi connectivity index (χ3n) is 5.46. The van der Waals surface area contributed by atoms with E-state index in [1.165, 1.54) is 55.5 Å². The standard InChI is InChI=1S/C28H17ClF6O/c1-2-36-28(35)27(34)16-5-3-15(4-6-16)17-7-9-20(22(30)11-17)18-8-10-21(23(31)12-18)19-13-24(32)26(29)25(33)14-19/h3-14H,2H2,1H3/b28-27-. The Bertz CT molecular complexity index is 1440. The fourth-order valence-electron chi connectivity index (χ4n) is 3.67. The third-order valence-corrected chi connectivity index (χ3v) is 5.82. The Labute approximate surface area is 208 Å². The van der Waals surface area contributed by atoms with Crippen molar-refractivity contribution < 1.29 is 31.1 Å². The molecule has 36 heavy (non-hydrogen) atoms. The molecular formula is C28H17ClF6O. The van der Waals surface area contributed by atoms with Gasteiger partial charge in [0.05, 0.1) is 6.61 Å². The lowest BCUT2D eigenvalue weighted by molar-refractivity contribution is 0.156. The van der Waals surface area contributed by atoms with Crippen molar-refractivity contribution in [2.24, 2.45) is 0 Å². The van der Waals surface area contributed by atoms with E-state index < -0.39 is 40.1 Å². The molecule has 0 saturated carbocycles. The van der Waals surface area contributed by atoms with Crippen LogP contribution in [0.15, 0.2) is 78.8 Å². The van der Waals surface area contributed by atoms with Crippen molar-refractivity contribution in [3.8, 4) is 33.4 Å². The van der Waals surface area contributed by atoms with Gasteiger partial charge in [-0.15, -0.1) is 0 Å². The molecule has 0 aromatic heterocycles. The highest BCUT2D eigenvalue weighted by atomic mass is 35.5. The van der Waals surface area contributed by atoms with Crippen molar-refractivity contribution >= 4 is 17.4 Å². The van der Waals surface area contributed by atoms with Gasteiger partial charge in [0.15, 0.2) is 0 Å². The van der Waals surface area contributed by atoms with Gasteiger partial charge in [0.25, 0.3) is 0 Å². The fraction of sp³-hybridized carbons (Fsp3) is 0.0714. The molecule has 0 amide bonds. The number of hydrogen-bond donors (Lipinski definition) is 0. The maximum Gasteiger partial charge on any atom is 0.309 e. The predicted octanol–water partition coefficient (Wildman–Crippen LogP) is 9.50. The lowest BCUT2D eigenvalue weighted by Crippen LogP contribution is -1.92. The normalized spacial score (nSPS) is 11.9. The largest absolute Gasteiger partial charge is 0.469 e. The monoisotopic (exact) mass is 518 g/mol. The smallest absolute Gasteiger partial charge is 0.309 e. The Morgan fingerprint density at radius 3 is 1.67 bits per heavy atom. The van der Waals surface area contributed by atoms with E-state index in [0.29, 0.717) is 11.1 Å². The molecule has 1 nitrogen and oxygen atoms in total. The van der Waals surface area contributed by atoms with Crippen LogP contribution in [-0.4, -0.2) is 6.61 Å². The topological polar surface area (TPSA) is 9.23 Å². The third kappa shape index (κ3) is 5.11. The molecule has 0 N–H and O–H groups in total. The first-order valence-corrected chi connectivity index (χ1v) is 11.1. The molecule has 4 rings (SSSR count). The van der Waals surface area contributed by atoms with Crippen molar-refractivity contribution in [2.45, 2.75) is 6.92 Å². The number of ether oxygens (including phenoxy) is 1. The van der Waals surface area contributed by atoms with Gasteiger partial charge in [0.1, 0.15) is 28.3 Å². The highest BCUT2D eigenvalue weighted by molar-refractivity contribution is 6.31. The van der Waals surface area contributed by atoms with Gasteiger partial charge in [-0.1, -0.05) is 60.1 Å². The zero-order valence-corrected chi connectivity index (χ0v) is 19.4. The van der Waals surface area contributed by atoms with E-state index in [1.54, 1.807) is 6.07 Å². The van der Waals surface area contributed by atoms with Crippen LogP contribution in [0.3, 0.4) is 0 Å². The van der Waals surface area contributed by atoms with E-state index in [1.807, 2.05) is 0 Å². The molecule has 0 spiro atoms. The summed E-state index contributed by atoms with van der Waals surface area (Å²) in [6, 6.07) is 14.3.